The van der Waals surface area contributed by atoms with Crippen molar-refractivity contribution in [1.29, 1.82) is 0 Å². The summed E-state index contributed by atoms with van der Waals surface area (Å²) in [6.07, 6.45) is 11.9. The normalized spacial score (nSPS) is 38.0. The summed E-state index contributed by atoms with van der Waals surface area (Å²) in [5.41, 5.74) is 5.93. The molecule has 3 fully saturated rings. The summed E-state index contributed by atoms with van der Waals surface area (Å²) in [6, 6.07) is 0. The highest BCUT2D eigenvalue weighted by Gasteiger charge is 2.64. The molecule has 148 valence electrons. The van der Waals surface area contributed by atoms with E-state index in [9.17, 15) is 8.42 Å². The number of hydrogen-bond acceptors (Lipinski definition) is 3. The molecule has 27 heavy (non-hydrogen) atoms. The molecule has 1 heterocycles. The Morgan fingerprint density at radius 2 is 2.00 bits per heavy atom. The Labute approximate surface area is 163 Å². The van der Waals surface area contributed by atoms with Crippen molar-refractivity contribution >= 4 is 10.0 Å². The van der Waals surface area contributed by atoms with Gasteiger partial charge in [-0.15, -0.1) is 0 Å². The van der Waals surface area contributed by atoms with Crippen LogP contribution in [0.3, 0.4) is 0 Å². The van der Waals surface area contributed by atoms with Crippen molar-refractivity contribution in [2.24, 2.45) is 11.3 Å². The van der Waals surface area contributed by atoms with Crippen LogP contribution in [0.2, 0.25) is 0 Å². The summed E-state index contributed by atoms with van der Waals surface area (Å²) < 4.78 is 33.5. The molecule has 3 atom stereocenters. The maximum Gasteiger partial charge on any atom is 0.214 e. The highest BCUT2D eigenvalue weighted by atomic mass is 32.2. The van der Waals surface area contributed by atoms with Crippen LogP contribution in [0.4, 0.5) is 0 Å². The van der Waals surface area contributed by atoms with Gasteiger partial charge in [-0.1, -0.05) is 44.1 Å². The van der Waals surface area contributed by atoms with E-state index in [-0.39, 0.29) is 17.0 Å². The molecule has 0 aromatic rings. The summed E-state index contributed by atoms with van der Waals surface area (Å²) in [5, 5.41) is -0.161. The van der Waals surface area contributed by atoms with E-state index in [2.05, 4.69) is 37.6 Å². The third-order valence-electron chi connectivity index (χ3n) is 7.55. The SMILES string of the molecule is CC(C)C1=C2C3=CC=C(CNS(=O)(=O)C4CC4)C[C@@H]4O[C@@]34CC[C@@]2(C)CC1. The first-order valence-electron chi connectivity index (χ1n) is 10.6. The summed E-state index contributed by atoms with van der Waals surface area (Å²) in [4.78, 5) is 0. The van der Waals surface area contributed by atoms with Crippen LogP contribution in [-0.4, -0.2) is 31.9 Å². The fraction of sp³-hybridized carbons (Fsp3) is 0.727. The maximum absolute atomic E-state index is 12.2. The minimum Gasteiger partial charge on any atom is -0.361 e. The molecule has 0 radical (unpaired) electrons. The van der Waals surface area contributed by atoms with Crippen LogP contribution in [-0.2, 0) is 14.8 Å². The molecule has 0 aromatic heterocycles. The fourth-order valence-electron chi connectivity index (χ4n) is 5.62. The van der Waals surface area contributed by atoms with Crippen LogP contribution < -0.4 is 4.72 Å². The number of hydrogen-bond donors (Lipinski definition) is 1. The lowest BCUT2D eigenvalue weighted by atomic mass is 9.64. The van der Waals surface area contributed by atoms with Gasteiger partial charge in [0.15, 0.2) is 0 Å². The molecule has 1 saturated heterocycles. The largest absolute Gasteiger partial charge is 0.361 e. The summed E-state index contributed by atoms with van der Waals surface area (Å²) in [7, 11) is -3.14. The molecule has 0 amide bonds. The molecule has 0 aromatic carbocycles. The molecular formula is C22H31NO3S. The Kier molecular flexibility index (Phi) is 3.90. The number of sulfonamides is 1. The maximum atomic E-state index is 12.2. The number of nitrogens with one attached hydrogen (secondary N) is 1. The van der Waals surface area contributed by atoms with Gasteiger partial charge in [-0.3, -0.25) is 0 Å². The van der Waals surface area contributed by atoms with Crippen LogP contribution in [0.15, 0.2) is 34.4 Å². The van der Waals surface area contributed by atoms with Gasteiger partial charge in [-0.2, -0.15) is 0 Å². The molecule has 1 N–H and O–H groups in total. The molecule has 0 bridgehead atoms. The van der Waals surface area contributed by atoms with Crippen molar-refractivity contribution in [3.8, 4) is 0 Å². The van der Waals surface area contributed by atoms with E-state index >= 15 is 0 Å². The van der Waals surface area contributed by atoms with Crippen molar-refractivity contribution in [1.82, 2.24) is 4.72 Å². The van der Waals surface area contributed by atoms with Crippen molar-refractivity contribution < 1.29 is 13.2 Å². The average Bonchev–Trinajstić information content (AvgIpc) is 3.49. The van der Waals surface area contributed by atoms with E-state index in [0.29, 0.717) is 17.9 Å². The van der Waals surface area contributed by atoms with Gasteiger partial charge in [-0.05, 0) is 67.4 Å². The molecule has 1 aliphatic heterocycles. The molecule has 2 saturated carbocycles. The van der Waals surface area contributed by atoms with E-state index < -0.39 is 10.0 Å². The number of allylic oxidation sites excluding steroid dienone is 3. The molecule has 5 heteroatoms. The van der Waals surface area contributed by atoms with Crippen molar-refractivity contribution in [2.75, 3.05) is 6.54 Å². The van der Waals surface area contributed by atoms with Gasteiger partial charge in [0.2, 0.25) is 10.0 Å². The van der Waals surface area contributed by atoms with Crippen LogP contribution in [0, 0.1) is 11.3 Å². The Hall–Kier alpha value is -0.910. The fourth-order valence-corrected chi connectivity index (χ4v) is 7.00. The summed E-state index contributed by atoms with van der Waals surface area (Å²) >= 11 is 0. The van der Waals surface area contributed by atoms with E-state index in [4.69, 9.17) is 4.74 Å². The van der Waals surface area contributed by atoms with Gasteiger partial charge < -0.3 is 4.74 Å². The van der Waals surface area contributed by atoms with Crippen LogP contribution in [0.25, 0.3) is 0 Å². The number of ether oxygens (including phenoxy) is 1. The highest BCUT2D eigenvalue weighted by Crippen LogP contribution is 2.65. The molecule has 5 aliphatic rings. The predicted molar refractivity (Wildman–Crippen MR) is 107 cm³/mol. The van der Waals surface area contributed by atoms with Crippen molar-refractivity contribution in [3.63, 3.8) is 0 Å². The zero-order chi connectivity index (χ0) is 19.0. The standard InChI is InChI=1S/C22H31NO3S/c1-14(2)17-8-9-21(3)10-11-22-18(20(17)21)7-4-15(12-19(22)26-22)13-23-27(24,25)16-5-6-16/h4,7,14,16,19,23H,5-6,8-13H2,1-3H3/t19-,21+,22-/m0/s1. The Morgan fingerprint density at radius 1 is 1.22 bits per heavy atom. The second-order valence-corrected chi connectivity index (χ2v) is 11.8. The molecule has 4 nitrogen and oxygen atoms in total. The van der Waals surface area contributed by atoms with Crippen LogP contribution in [0.5, 0.6) is 0 Å². The van der Waals surface area contributed by atoms with Gasteiger partial charge in [0.05, 0.1) is 11.4 Å². The Morgan fingerprint density at radius 3 is 2.70 bits per heavy atom. The second-order valence-electron chi connectivity index (χ2n) is 9.79. The summed E-state index contributed by atoms with van der Waals surface area (Å²) in [5.74, 6) is 0.576. The zero-order valence-electron chi connectivity index (χ0n) is 16.7. The van der Waals surface area contributed by atoms with Crippen molar-refractivity contribution in [3.05, 3.63) is 34.4 Å². The number of epoxide rings is 1. The Bertz CT molecular complexity index is 877. The van der Waals surface area contributed by atoms with E-state index in [0.717, 1.165) is 31.3 Å². The number of rotatable bonds is 5. The first-order chi connectivity index (χ1) is 12.8. The smallest absolute Gasteiger partial charge is 0.214 e. The van der Waals surface area contributed by atoms with Crippen LogP contribution >= 0.6 is 0 Å². The molecular weight excluding hydrogens is 358 g/mol. The minimum absolute atomic E-state index is 0.104. The van der Waals surface area contributed by atoms with Gasteiger partial charge >= 0.3 is 0 Å². The first kappa shape index (κ1) is 18.1. The molecule has 5 rings (SSSR count). The molecule has 0 unspecified atom stereocenters. The monoisotopic (exact) mass is 389 g/mol. The van der Waals surface area contributed by atoms with Gasteiger partial charge in [0, 0.05) is 6.54 Å². The Balaban J connectivity index is 1.46. The predicted octanol–water partition coefficient (Wildman–Crippen LogP) is 4.01. The minimum atomic E-state index is -3.14. The van der Waals surface area contributed by atoms with Crippen LogP contribution in [0.1, 0.15) is 65.7 Å². The second kappa shape index (κ2) is 5.80. The molecule has 4 aliphatic carbocycles. The van der Waals surface area contributed by atoms with E-state index in [1.807, 2.05) is 0 Å². The number of fused-ring (bicyclic) bond motifs is 2. The van der Waals surface area contributed by atoms with E-state index in [1.54, 1.807) is 11.1 Å². The van der Waals surface area contributed by atoms with Gasteiger partial charge in [0.25, 0.3) is 0 Å². The lowest BCUT2D eigenvalue weighted by molar-refractivity contribution is 0.235. The van der Waals surface area contributed by atoms with E-state index in [1.165, 1.54) is 24.8 Å². The summed E-state index contributed by atoms with van der Waals surface area (Å²) in [6.45, 7) is 7.48. The lowest BCUT2D eigenvalue weighted by Crippen LogP contribution is -2.34. The topological polar surface area (TPSA) is 58.7 Å². The molecule has 1 spiro atoms. The highest BCUT2D eigenvalue weighted by molar-refractivity contribution is 7.90. The van der Waals surface area contributed by atoms with Gasteiger partial charge in [0.1, 0.15) is 5.60 Å². The average molecular weight is 390 g/mol. The zero-order valence-corrected chi connectivity index (χ0v) is 17.5. The third kappa shape index (κ3) is 2.80. The third-order valence-corrected chi connectivity index (χ3v) is 9.45. The van der Waals surface area contributed by atoms with Gasteiger partial charge in [-0.25, -0.2) is 13.1 Å². The first-order valence-corrected chi connectivity index (χ1v) is 12.1. The lowest BCUT2D eigenvalue weighted by Gasteiger charge is -2.39. The van der Waals surface area contributed by atoms with Crippen molar-refractivity contribution in [2.45, 2.75) is 82.7 Å². The quantitative estimate of drug-likeness (QED) is 0.723.